The molecule has 1 unspecified atom stereocenters. The monoisotopic (exact) mass is 252 g/mol. The average molecular weight is 252 g/mol. The van der Waals surface area contributed by atoms with E-state index < -0.39 is 0 Å². The third-order valence-corrected chi connectivity index (χ3v) is 3.68. The lowest BCUT2D eigenvalue weighted by Gasteiger charge is -2.11. The van der Waals surface area contributed by atoms with Gasteiger partial charge < -0.3 is 0 Å². The first kappa shape index (κ1) is 13.9. The largest absolute Gasteiger partial charge is 0.0622 e. The van der Waals surface area contributed by atoms with Gasteiger partial charge in [-0.2, -0.15) is 0 Å². The van der Waals surface area contributed by atoms with E-state index in [0.717, 1.165) is 5.92 Å². The highest BCUT2D eigenvalue weighted by molar-refractivity contribution is 5.15. The van der Waals surface area contributed by atoms with Crippen LogP contribution in [0.4, 0.5) is 0 Å². The van der Waals surface area contributed by atoms with Crippen molar-refractivity contribution in [2.75, 3.05) is 0 Å². The predicted molar refractivity (Wildman–Crippen MR) is 83.3 cm³/mol. The minimum atomic E-state index is 0.790. The molecule has 0 saturated heterocycles. The van der Waals surface area contributed by atoms with Crippen LogP contribution in [0.5, 0.6) is 0 Å². The summed E-state index contributed by atoms with van der Waals surface area (Å²) in [5.41, 5.74) is 2.94. The number of benzene rings is 2. The lowest BCUT2D eigenvalue weighted by molar-refractivity contribution is 0.495. The maximum absolute atomic E-state index is 2.37. The highest BCUT2D eigenvalue weighted by Crippen LogP contribution is 2.15. The molecule has 2 rings (SSSR count). The molecule has 2 aromatic carbocycles. The zero-order valence-corrected chi connectivity index (χ0v) is 11.9. The van der Waals surface area contributed by atoms with Crippen molar-refractivity contribution in [2.45, 2.75) is 39.0 Å². The summed E-state index contributed by atoms with van der Waals surface area (Å²) >= 11 is 0. The normalized spacial score (nSPS) is 12.3. The highest BCUT2D eigenvalue weighted by atomic mass is 14.1. The van der Waals surface area contributed by atoms with Gasteiger partial charge in [0, 0.05) is 0 Å². The van der Waals surface area contributed by atoms with Crippen LogP contribution < -0.4 is 0 Å². The fraction of sp³-hybridized carbons (Fsp3) is 0.368. The molecule has 0 N–H and O–H groups in total. The second-order valence-electron chi connectivity index (χ2n) is 5.53. The Bertz CT molecular complexity index is 444. The summed E-state index contributed by atoms with van der Waals surface area (Å²) in [7, 11) is 0. The molecule has 0 aromatic heterocycles. The van der Waals surface area contributed by atoms with Crippen molar-refractivity contribution in [3.8, 4) is 0 Å². The van der Waals surface area contributed by atoms with Crippen molar-refractivity contribution in [3.05, 3.63) is 71.8 Å². The van der Waals surface area contributed by atoms with Gasteiger partial charge in [0.05, 0.1) is 0 Å². The Kier molecular flexibility index (Phi) is 5.68. The average Bonchev–Trinajstić information content (AvgIpc) is 2.46. The topological polar surface area (TPSA) is 0 Å². The first-order valence-corrected chi connectivity index (χ1v) is 7.42. The molecule has 0 spiro atoms. The minimum Gasteiger partial charge on any atom is -0.0622 e. The van der Waals surface area contributed by atoms with Gasteiger partial charge in [-0.15, -0.1) is 0 Å². The van der Waals surface area contributed by atoms with E-state index in [4.69, 9.17) is 0 Å². The Hall–Kier alpha value is -1.56. The van der Waals surface area contributed by atoms with Gasteiger partial charge in [-0.3, -0.25) is 0 Å². The molecular weight excluding hydrogens is 228 g/mol. The van der Waals surface area contributed by atoms with Crippen LogP contribution in [-0.2, 0) is 12.8 Å². The maximum Gasteiger partial charge on any atom is -0.0253 e. The predicted octanol–water partition coefficient (Wildman–Crippen LogP) is 5.28. The summed E-state index contributed by atoms with van der Waals surface area (Å²) < 4.78 is 0. The van der Waals surface area contributed by atoms with Gasteiger partial charge in [-0.25, -0.2) is 0 Å². The first-order valence-electron chi connectivity index (χ1n) is 7.42. The first-order chi connectivity index (χ1) is 9.34. The van der Waals surface area contributed by atoms with Crippen molar-refractivity contribution >= 4 is 0 Å². The van der Waals surface area contributed by atoms with E-state index >= 15 is 0 Å². The third-order valence-electron chi connectivity index (χ3n) is 3.68. The van der Waals surface area contributed by atoms with Crippen molar-refractivity contribution in [2.24, 2.45) is 5.92 Å². The quantitative estimate of drug-likeness (QED) is 0.588. The molecule has 0 heterocycles. The minimum absolute atomic E-state index is 0.790. The van der Waals surface area contributed by atoms with E-state index in [1.165, 1.54) is 43.2 Å². The van der Waals surface area contributed by atoms with Crippen molar-refractivity contribution in [3.63, 3.8) is 0 Å². The Morgan fingerprint density at radius 2 is 1.32 bits per heavy atom. The molecule has 1 atom stereocenters. The van der Waals surface area contributed by atoms with E-state index in [0.29, 0.717) is 0 Å². The lowest BCUT2D eigenvalue weighted by Crippen LogP contribution is -2.00. The fourth-order valence-corrected chi connectivity index (χ4v) is 2.59. The molecule has 2 aromatic rings. The summed E-state index contributed by atoms with van der Waals surface area (Å²) in [5.74, 6) is 0.790. The molecule has 0 radical (unpaired) electrons. The number of rotatable bonds is 7. The Morgan fingerprint density at radius 1 is 0.737 bits per heavy atom. The van der Waals surface area contributed by atoms with E-state index in [2.05, 4.69) is 67.6 Å². The molecule has 0 aliphatic rings. The van der Waals surface area contributed by atoms with Gasteiger partial charge in [-0.1, -0.05) is 80.4 Å². The van der Waals surface area contributed by atoms with E-state index in [1.54, 1.807) is 0 Å². The number of unbranched alkanes of at least 4 members (excludes halogenated alkanes) is 1. The van der Waals surface area contributed by atoms with Gasteiger partial charge in [0.1, 0.15) is 0 Å². The molecule has 0 aliphatic heterocycles. The second-order valence-corrected chi connectivity index (χ2v) is 5.53. The van der Waals surface area contributed by atoms with Crippen molar-refractivity contribution in [1.29, 1.82) is 0 Å². The number of hydrogen-bond acceptors (Lipinski definition) is 0. The summed E-state index contributed by atoms with van der Waals surface area (Å²) in [5, 5.41) is 0. The van der Waals surface area contributed by atoms with Crippen LogP contribution >= 0.6 is 0 Å². The van der Waals surface area contributed by atoms with Gasteiger partial charge in [-0.05, 0) is 36.3 Å². The number of hydrogen-bond donors (Lipinski definition) is 0. The van der Waals surface area contributed by atoms with Gasteiger partial charge in [0.25, 0.3) is 0 Å². The maximum atomic E-state index is 2.37. The van der Waals surface area contributed by atoms with Crippen LogP contribution in [-0.4, -0.2) is 0 Å². The lowest BCUT2D eigenvalue weighted by atomic mass is 9.95. The summed E-state index contributed by atoms with van der Waals surface area (Å²) in [6.45, 7) is 2.37. The highest BCUT2D eigenvalue weighted by Gasteiger charge is 2.03. The SMILES string of the molecule is CC(CCCCc1ccccc1)Cc1ccccc1. The zero-order chi connectivity index (χ0) is 13.3. The van der Waals surface area contributed by atoms with Crippen LogP contribution in [0.3, 0.4) is 0 Å². The van der Waals surface area contributed by atoms with Crippen molar-refractivity contribution in [1.82, 2.24) is 0 Å². The molecule has 100 valence electrons. The molecule has 0 fully saturated rings. The number of aryl methyl sites for hydroxylation is 1. The van der Waals surface area contributed by atoms with Gasteiger partial charge >= 0.3 is 0 Å². The molecule has 19 heavy (non-hydrogen) atoms. The molecular formula is C19H24. The van der Waals surface area contributed by atoms with E-state index in [9.17, 15) is 0 Å². The van der Waals surface area contributed by atoms with Crippen LogP contribution in [0.15, 0.2) is 60.7 Å². The Balaban J connectivity index is 1.63. The van der Waals surface area contributed by atoms with Crippen molar-refractivity contribution < 1.29 is 0 Å². The van der Waals surface area contributed by atoms with E-state index in [-0.39, 0.29) is 0 Å². The fourth-order valence-electron chi connectivity index (χ4n) is 2.59. The Morgan fingerprint density at radius 3 is 1.95 bits per heavy atom. The summed E-state index contributed by atoms with van der Waals surface area (Å²) in [6, 6.07) is 21.6. The van der Waals surface area contributed by atoms with E-state index in [1.807, 2.05) is 0 Å². The Labute approximate surface area is 117 Å². The second kappa shape index (κ2) is 7.78. The van der Waals surface area contributed by atoms with Crippen LogP contribution in [0.25, 0.3) is 0 Å². The molecule has 0 bridgehead atoms. The molecule has 0 aliphatic carbocycles. The zero-order valence-electron chi connectivity index (χ0n) is 11.9. The van der Waals surface area contributed by atoms with Crippen LogP contribution in [0.1, 0.15) is 37.3 Å². The summed E-state index contributed by atoms with van der Waals surface area (Å²) in [4.78, 5) is 0. The molecule has 0 saturated carbocycles. The third kappa shape index (κ3) is 5.30. The van der Waals surface area contributed by atoms with Crippen LogP contribution in [0.2, 0.25) is 0 Å². The van der Waals surface area contributed by atoms with Gasteiger partial charge in [0.15, 0.2) is 0 Å². The smallest absolute Gasteiger partial charge is 0.0253 e. The summed E-state index contributed by atoms with van der Waals surface area (Å²) in [6.07, 6.45) is 6.42. The molecule has 0 amide bonds. The molecule has 0 heteroatoms. The standard InChI is InChI=1S/C19H24/c1-17(16-19-14-6-3-7-15-19)10-8-9-13-18-11-4-2-5-12-18/h2-7,11-12,14-15,17H,8-10,13,16H2,1H3. The van der Waals surface area contributed by atoms with Crippen LogP contribution in [0, 0.1) is 5.92 Å². The van der Waals surface area contributed by atoms with Gasteiger partial charge in [0.2, 0.25) is 0 Å². The molecule has 0 nitrogen and oxygen atoms in total.